The summed E-state index contributed by atoms with van der Waals surface area (Å²) in [6.45, 7) is 5.30. The second-order valence-electron chi connectivity index (χ2n) is 5.29. The monoisotopic (exact) mass is 332 g/mol. The summed E-state index contributed by atoms with van der Waals surface area (Å²) in [5, 5.41) is 6.29. The van der Waals surface area contributed by atoms with E-state index in [9.17, 15) is 4.79 Å². The van der Waals surface area contributed by atoms with Crippen LogP contribution in [-0.4, -0.2) is 19.2 Å². The van der Waals surface area contributed by atoms with Crippen molar-refractivity contribution in [1.82, 2.24) is 10.6 Å². The van der Waals surface area contributed by atoms with Crippen LogP contribution in [0.1, 0.15) is 16.7 Å². The Bertz CT molecular complexity index is 674. The van der Waals surface area contributed by atoms with Crippen LogP contribution in [0.4, 0.5) is 4.79 Å². The minimum atomic E-state index is -0.204. The Labute approximate surface area is 141 Å². The first-order chi connectivity index (χ1) is 11.1. The number of hydrogen-bond donors (Lipinski definition) is 2. The number of amides is 2. The summed E-state index contributed by atoms with van der Waals surface area (Å²) < 4.78 is 5.62. The van der Waals surface area contributed by atoms with Gasteiger partial charge < -0.3 is 15.4 Å². The van der Waals surface area contributed by atoms with Gasteiger partial charge in [-0.2, -0.15) is 0 Å². The van der Waals surface area contributed by atoms with Gasteiger partial charge >= 0.3 is 6.03 Å². The summed E-state index contributed by atoms with van der Waals surface area (Å²) in [4.78, 5) is 11.8. The highest BCUT2D eigenvalue weighted by Crippen LogP contribution is 2.21. The van der Waals surface area contributed by atoms with E-state index in [4.69, 9.17) is 16.3 Å². The molecule has 2 rings (SSSR count). The Morgan fingerprint density at radius 2 is 1.87 bits per heavy atom. The number of ether oxygens (including phenoxy) is 1. The third-order valence-electron chi connectivity index (χ3n) is 3.48. The predicted molar refractivity (Wildman–Crippen MR) is 93.1 cm³/mol. The van der Waals surface area contributed by atoms with E-state index in [0.717, 1.165) is 22.4 Å². The first-order valence-electron chi connectivity index (χ1n) is 7.51. The molecule has 0 fully saturated rings. The summed E-state index contributed by atoms with van der Waals surface area (Å²) in [6, 6.07) is 13.2. The molecule has 0 radical (unpaired) electrons. The van der Waals surface area contributed by atoms with E-state index in [1.54, 1.807) is 6.07 Å². The van der Waals surface area contributed by atoms with E-state index in [1.165, 1.54) is 0 Å². The molecule has 0 aliphatic heterocycles. The normalized spacial score (nSPS) is 10.2. The molecule has 0 atom stereocenters. The van der Waals surface area contributed by atoms with Gasteiger partial charge in [-0.05, 0) is 48.7 Å². The zero-order valence-corrected chi connectivity index (χ0v) is 14.1. The molecule has 4 nitrogen and oxygen atoms in total. The van der Waals surface area contributed by atoms with Gasteiger partial charge in [0.1, 0.15) is 12.4 Å². The van der Waals surface area contributed by atoms with Crippen LogP contribution in [0, 0.1) is 13.8 Å². The van der Waals surface area contributed by atoms with Crippen LogP contribution in [0.15, 0.2) is 42.5 Å². The molecule has 0 aromatic heterocycles. The van der Waals surface area contributed by atoms with Crippen LogP contribution in [-0.2, 0) is 6.54 Å². The van der Waals surface area contributed by atoms with Crippen LogP contribution >= 0.6 is 11.6 Å². The fourth-order valence-electron chi connectivity index (χ4n) is 2.15. The Morgan fingerprint density at radius 3 is 2.61 bits per heavy atom. The molecule has 0 saturated carbocycles. The maximum Gasteiger partial charge on any atom is 0.315 e. The Kier molecular flexibility index (Phi) is 6.29. The van der Waals surface area contributed by atoms with Crippen molar-refractivity contribution in [3.63, 3.8) is 0 Å². The lowest BCUT2D eigenvalue weighted by Crippen LogP contribution is -2.37. The smallest absolute Gasteiger partial charge is 0.315 e. The number of carbonyl (C=O) groups excluding carboxylic acids is 1. The van der Waals surface area contributed by atoms with Gasteiger partial charge in [0.25, 0.3) is 0 Å². The first-order valence-corrected chi connectivity index (χ1v) is 7.89. The molecule has 2 amide bonds. The topological polar surface area (TPSA) is 50.4 Å². The van der Waals surface area contributed by atoms with Gasteiger partial charge in [-0.25, -0.2) is 4.79 Å². The largest absolute Gasteiger partial charge is 0.491 e. The maximum absolute atomic E-state index is 11.8. The van der Waals surface area contributed by atoms with Crippen LogP contribution < -0.4 is 15.4 Å². The Balaban J connectivity index is 1.68. The fraction of sp³-hybridized carbons (Fsp3) is 0.278. The molecule has 0 saturated heterocycles. The van der Waals surface area contributed by atoms with Crippen molar-refractivity contribution in [3.05, 3.63) is 64.2 Å². The molecular formula is C18H21ClN2O2. The third-order valence-corrected chi connectivity index (χ3v) is 3.72. The van der Waals surface area contributed by atoms with Gasteiger partial charge in [0.05, 0.1) is 6.54 Å². The summed E-state index contributed by atoms with van der Waals surface area (Å²) in [5.74, 6) is 0.775. The van der Waals surface area contributed by atoms with E-state index in [-0.39, 0.29) is 6.03 Å². The van der Waals surface area contributed by atoms with Crippen LogP contribution in [0.25, 0.3) is 0 Å². The molecule has 2 aromatic rings. The number of benzene rings is 2. The van der Waals surface area contributed by atoms with Crippen molar-refractivity contribution in [3.8, 4) is 5.75 Å². The Hall–Kier alpha value is -2.20. The van der Waals surface area contributed by atoms with Gasteiger partial charge in [0.15, 0.2) is 0 Å². The number of nitrogens with one attached hydrogen (secondary N) is 2. The van der Waals surface area contributed by atoms with E-state index < -0.39 is 0 Å². The second kappa shape index (κ2) is 8.44. The molecular weight excluding hydrogens is 312 g/mol. The SMILES string of the molecule is Cc1ccccc1CNC(=O)NCCOc1ccc(Cl)cc1C. The molecule has 5 heteroatoms. The van der Waals surface area contributed by atoms with Crippen LogP contribution in [0.5, 0.6) is 5.75 Å². The quantitative estimate of drug-likeness (QED) is 0.790. The van der Waals surface area contributed by atoms with Gasteiger partial charge in [-0.1, -0.05) is 35.9 Å². The van der Waals surface area contributed by atoms with Crippen molar-refractivity contribution >= 4 is 17.6 Å². The summed E-state index contributed by atoms with van der Waals surface area (Å²) in [6.07, 6.45) is 0. The average Bonchev–Trinajstić information content (AvgIpc) is 2.52. The van der Waals surface area contributed by atoms with Gasteiger partial charge in [0, 0.05) is 11.6 Å². The number of aryl methyl sites for hydroxylation is 2. The van der Waals surface area contributed by atoms with Crippen molar-refractivity contribution in [2.24, 2.45) is 0 Å². The lowest BCUT2D eigenvalue weighted by Gasteiger charge is -2.11. The third kappa shape index (κ3) is 5.49. The highest BCUT2D eigenvalue weighted by atomic mass is 35.5. The molecule has 0 spiro atoms. The summed E-state index contributed by atoms with van der Waals surface area (Å²) in [7, 11) is 0. The van der Waals surface area contributed by atoms with Crippen molar-refractivity contribution < 1.29 is 9.53 Å². The highest BCUT2D eigenvalue weighted by molar-refractivity contribution is 6.30. The molecule has 2 N–H and O–H groups in total. The molecule has 0 aliphatic carbocycles. The van der Waals surface area contributed by atoms with E-state index in [0.29, 0.717) is 24.7 Å². The van der Waals surface area contributed by atoms with Crippen molar-refractivity contribution in [1.29, 1.82) is 0 Å². The second-order valence-corrected chi connectivity index (χ2v) is 5.73. The first kappa shape index (κ1) is 17.2. The fourth-order valence-corrected chi connectivity index (χ4v) is 2.37. The number of carbonyl (C=O) groups is 1. The molecule has 2 aromatic carbocycles. The Morgan fingerprint density at radius 1 is 1.09 bits per heavy atom. The molecule has 0 aliphatic rings. The van der Waals surface area contributed by atoms with Gasteiger partial charge in [-0.15, -0.1) is 0 Å². The molecule has 23 heavy (non-hydrogen) atoms. The van der Waals surface area contributed by atoms with Crippen LogP contribution in [0.3, 0.4) is 0 Å². The summed E-state index contributed by atoms with van der Waals surface area (Å²) >= 11 is 5.90. The van der Waals surface area contributed by atoms with E-state index >= 15 is 0 Å². The van der Waals surface area contributed by atoms with Crippen LogP contribution in [0.2, 0.25) is 5.02 Å². The molecule has 122 valence electrons. The molecule has 0 heterocycles. The zero-order chi connectivity index (χ0) is 16.7. The molecule has 0 unspecified atom stereocenters. The predicted octanol–water partition coefficient (Wildman–Crippen LogP) is 3.84. The van der Waals surface area contributed by atoms with Gasteiger partial charge in [0.2, 0.25) is 0 Å². The zero-order valence-electron chi connectivity index (χ0n) is 13.4. The lowest BCUT2D eigenvalue weighted by atomic mass is 10.1. The van der Waals surface area contributed by atoms with Crippen molar-refractivity contribution in [2.45, 2.75) is 20.4 Å². The number of rotatable bonds is 6. The summed E-state index contributed by atoms with van der Waals surface area (Å²) in [5.41, 5.74) is 3.24. The number of halogens is 1. The number of urea groups is 1. The maximum atomic E-state index is 11.8. The lowest BCUT2D eigenvalue weighted by molar-refractivity contribution is 0.236. The van der Waals surface area contributed by atoms with E-state index in [2.05, 4.69) is 10.6 Å². The van der Waals surface area contributed by atoms with Gasteiger partial charge in [-0.3, -0.25) is 0 Å². The minimum absolute atomic E-state index is 0.204. The molecule has 0 bridgehead atoms. The standard InChI is InChI=1S/C18H21ClN2O2/c1-13-5-3-4-6-15(13)12-21-18(22)20-9-10-23-17-8-7-16(19)11-14(17)2/h3-8,11H,9-10,12H2,1-2H3,(H2,20,21,22). The number of hydrogen-bond acceptors (Lipinski definition) is 2. The highest BCUT2D eigenvalue weighted by Gasteiger charge is 2.03. The minimum Gasteiger partial charge on any atom is -0.491 e. The average molecular weight is 333 g/mol. The van der Waals surface area contributed by atoms with E-state index in [1.807, 2.05) is 50.2 Å². The van der Waals surface area contributed by atoms with Crippen molar-refractivity contribution in [2.75, 3.05) is 13.2 Å².